The number of benzene rings is 2. The Kier molecular flexibility index (Phi) is 6.55. The van der Waals surface area contributed by atoms with Gasteiger partial charge in [-0.05, 0) is 36.6 Å². The van der Waals surface area contributed by atoms with E-state index in [9.17, 15) is 22.8 Å². The summed E-state index contributed by atoms with van der Waals surface area (Å²) in [5.41, 5.74) is 0.533. The van der Waals surface area contributed by atoms with Crippen LogP contribution in [0.5, 0.6) is 5.75 Å². The summed E-state index contributed by atoms with van der Waals surface area (Å²) in [4.78, 5) is 27.1. The minimum absolute atomic E-state index is 0.00248. The minimum Gasteiger partial charge on any atom is -0.491 e. The molecule has 34 heavy (non-hydrogen) atoms. The van der Waals surface area contributed by atoms with Gasteiger partial charge in [0, 0.05) is 24.3 Å². The summed E-state index contributed by atoms with van der Waals surface area (Å²) in [6.07, 6.45) is -3.70. The molecule has 182 valence electrons. The minimum atomic E-state index is -4.61. The highest BCUT2D eigenvalue weighted by molar-refractivity contribution is 5.94. The summed E-state index contributed by atoms with van der Waals surface area (Å²) in [5.74, 6) is -0.758. The van der Waals surface area contributed by atoms with Crippen molar-refractivity contribution in [1.82, 2.24) is 10.4 Å². The van der Waals surface area contributed by atoms with Crippen LogP contribution >= 0.6 is 0 Å². The molecule has 2 heterocycles. The standard InChI is InChI=1S/C24H25F3N2O5/c1-23(8-10-33-11-9-23)22(31)29-13-16-7-6-15(21(30)28-32)12-20(16)34-14-19(29)17-4-2-3-5-18(17)24(25,26)27/h2-7,12,19,32H,8-11,13-14H2,1H3,(H,28,30). The fourth-order valence-electron chi connectivity index (χ4n) is 4.48. The third-order valence-corrected chi connectivity index (χ3v) is 6.54. The third-order valence-electron chi connectivity index (χ3n) is 6.54. The molecular weight excluding hydrogens is 453 g/mol. The van der Waals surface area contributed by atoms with E-state index in [0.717, 1.165) is 6.07 Å². The SMILES string of the molecule is CC1(C(=O)N2Cc3ccc(C(=O)NO)cc3OCC2c2ccccc2C(F)(F)F)CCOCC1. The molecule has 2 N–H and O–H groups in total. The van der Waals surface area contributed by atoms with E-state index in [4.69, 9.17) is 14.7 Å². The van der Waals surface area contributed by atoms with Crippen molar-refractivity contribution in [1.29, 1.82) is 0 Å². The van der Waals surface area contributed by atoms with Crippen molar-refractivity contribution in [2.45, 2.75) is 38.5 Å². The van der Waals surface area contributed by atoms with Gasteiger partial charge in [0.05, 0.1) is 23.6 Å². The topological polar surface area (TPSA) is 88.1 Å². The number of nitrogens with zero attached hydrogens (tertiary/aromatic N) is 1. The van der Waals surface area contributed by atoms with Crippen LogP contribution in [-0.4, -0.2) is 41.7 Å². The molecule has 0 spiro atoms. The van der Waals surface area contributed by atoms with Gasteiger partial charge in [0.15, 0.2) is 0 Å². The van der Waals surface area contributed by atoms with Crippen LogP contribution in [0.15, 0.2) is 42.5 Å². The van der Waals surface area contributed by atoms with Gasteiger partial charge in [0.1, 0.15) is 12.4 Å². The van der Waals surface area contributed by atoms with E-state index in [0.29, 0.717) is 31.6 Å². The van der Waals surface area contributed by atoms with Gasteiger partial charge in [0.25, 0.3) is 5.91 Å². The molecule has 2 aliphatic rings. The largest absolute Gasteiger partial charge is 0.491 e. The molecule has 1 fully saturated rings. The predicted octanol–water partition coefficient (Wildman–Crippen LogP) is 4.10. The van der Waals surface area contributed by atoms with Crippen LogP contribution in [0.2, 0.25) is 0 Å². The number of halogens is 3. The summed E-state index contributed by atoms with van der Waals surface area (Å²) in [5, 5.41) is 8.92. The normalized spacial score (nSPS) is 20.0. The first-order valence-corrected chi connectivity index (χ1v) is 10.9. The molecule has 1 unspecified atom stereocenters. The monoisotopic (exact) mass is 478 g/mol. The second kappa shape index (κ2) is 9.27. The van der Waals surface area contributed by atoms with Gasteiger partial charge >= 0.3 is 6.18 Å². The van der Waals surface area contributed by atoms with Crippen molar-refractivity contribution >= 4 is 11.8 Å². The van der Waals surface area contributed by atoms with Gasteiger partial charge in [-0.25, -0.2) is 5.48 Å². The number of hydrogen-bond donors (Lipinski definition) is 2. The first kappa shape index (κ1) is 24.0. The highest BCUT2D eigenvalue weighted by Gasteiger charge is 2.44. The fourth-order valence-corrected chi connectivity index (χ4v) is 4.48. The molecule has 0 radical (unpaired) electrons. The zero-order valence-electron chi connectivity index (χ0n) is 18.5. The molecular formula is C24H25F3N2O5. The summed E-state index contributed by atoms with van der Waals surface area (Å²) in [6, 6.07) is 8.60. The Hall–Kier alpha value is -3.11. The molecule has 0 aromatic heterocycles. The van der Waals surface area contributed by atoms with Crippen LogP contribution in [0, 0.1) is 5.41 Å². The van der Waals surface area contributed by atoms with Crippen LogP contribution in [0.4, 0.5) is 13.2 Å². The van der Waals surface area contributed by atoms with Gasteiger partial charge < -0.3 is 14.4 Å². The fraction of sp³-hybridized carbons (Fsp3) is 0.417. The maximum absolute atomic E-state index is 13.9. The van der Waals surface area contributed by atoms with Crippen molar-refractivity contribution in [3.63, 3.8) is 0 Å². The Morgan fingerprint density at radius 2 is 1.85 bits per heavy atom. The number of alkyl halides is 3. The average Bonchev–Trinajstić information content (AvgIpc) is 3.02. The maximum atomic E-state index is 13.9. The van der Waals surface area contributed by atoms with Gasteiger partial charge in [0.2, 0.25) is 5.91 Å². The quantitative estimate of drug-likeness (QED) is 0.512. The maximum Gasteiger partial charge on any atom is 0.416 e. The van der Waals surface area contributed by atoms with Gasteiger partial charge in [-0.3, -0.25) is 14.8 Å². The smallest absolute Gasteiger partial charge is 0.416 e. The lowest BCUT2D eigenvalue weighted by atomic mass is 9.80. The first-order chi connectivity index (χ1) is 16.1. The Morgan fingerprint density at radius 3 is 2.53 bits per heavy atom. The van der Waals surface area contributed by atoms with E-state index in [2.05, 4.69) is 0 Å². The molecule has 2 aromatic carbocycles. The van der Waals surface area contributed by atoms with Crippen molar-refractivity contribution in [2.24, 2.45) is 5.41 Å². The lowest BCUT2D eigenvalue weighted by Gasteiger charge is -2.40. The van der Waals surface area contributed by atoms with E-state index in [1.807, 2.05) is 6.92 Å². The van der Waals surface area contributed by atoms with E-state index in [1.54, 1.807) is 11.5 Å². The van der Waals surface area contributed by atoms with Crippen LogP contribution in [0.25, 0.3) is 0 Å². The van der Waals surface area contributed by atoms with Gasteiger partial charge in [-0.1, -0.05) is 31.2 Å². The van der Waals surface area contributed by atoms with Crippen molar-refractivity contribution in [3.8, 4) is 5.75 Å². The van der Waals surface area contributed by atoms with E-state index in [-0.39, 0.29) is 35.9 Å². The van der Waals surface area contributed by atoms with Crippen molar-refractivity contribution in [2.75, 3.05) is 19.8 Å². The molecule has 2 aromatic rings. The molecule has 0 saturated carbocycles. The number of hydroxylamine groups is 1. The predicted molar refractivity (Wildman–Crippen MR) is 114 cm³/mol. The van der Waals surface area contributed by atoms with E-state index >= 15 is 0 Å². The zero-order chi connectivity index (χ0) is 24.5. The summed E-state index contributed by atoms with van der Waals surface area (Å²) < 4.78 is 52.9. The third kappa shape index (κ3) is 4.60. The number of ether oxygens (including phenoxy) is 2. The van der Waals surface area contributed by atoms with Gasteiger partial charge in [-0.2, -0.15) is 13.2 Å². The van der Waals surface area contributed by atoms with Crippen molar-refractivity contribution < 1.29 is 37.4 Å². The number of carbonyl (C=O) groups is 2. The zero-order valence-corrected chi connectivity index (χ0v) is 18.5. The summed E-state index contributed by atoms with van der Waals surface area (Å²) >= 11 is 0. The van der Waals surface area contributed by atoms with Crippen LogP contribution in [0.3, 0.4) is 0 Å². The first-order valence-electron chi connectivity index (χ1n) is 10.9. The lowest BCUT2D eigenvalue weighted by molar-refractivity contribution is -0.152. The number of rotatable bonds is 3. The second-order valence-corrected chi connectivity index (χ2v) is 8.78. The molecule has 10 heteroatoms. The molecule has 1 saturated heterocycles. The van der Waals surface area contributed by atoms with Gasteiger partial charge in [-0.15, -0.1) is 0 Å². The molecule has 2 aliphatic heterocycles. The molecule has 0 bridgehead atoms. The number of amides is 2. The molecule has 4 rings (SSSR count). The Bertz CT molecular complexity index is 1080. The summed E-state index contributed by atoms with van der Waals surface area (Å²) in [7, 11) is 0. The second-order valence-electron chi connectivity index (χ2n) is 8.78. The molecule has 1 atom stereocenters. The molecule has 7 nitrogen and oxygen atoms in total. The highest BCUT2D eigenvalue weighted by atomic mass is 19.4. The van der Waals surface area contributed by atoms with Crippen molar-refractivity contribution in [3.05, 3.63) is 64.7 Å². The average molecular weight is 478 g/mol. The Balaban J connectivity index is 1.79. The summed E-state index contributed by atoms with van der Waals surface area (Å²) in [6.45, 7) is 2.37. The number of nitrogens with one attached hydrogen (secondary N) is 1. The number of fused-ring (bicyclic) bond motifs is 1. The Labute approximate surface area is 194 Å². The van der Waals surface area contributed by atoms with Crippen LogP contribution in [-0.2, 0) is 22.3 Å². The van der Waals surface area contributed by atoms with Crippen LogP contribution in [0.1, 0.15) is 52.9 Å². The Morgan fingerprint density at radius 1 is 1.15 bits per heavy atom. The van der Waals surface area contributed by atoms with Crippen LogP contribution < -0.4 is 10.2 Å². The molecule has 2 amide bonds. The number of carbonyl (C=O) groups excluding carboxylic acids is 2. The lowest BCUT2D eigenvalue weighted by Crippen LogP contribution is -2.47. The molecule has 0 aliphatic carbocycles. The highest BCUT2D eigenvalue weighted by Crippen LogP contribution is 2.42. The number of hydrogen-bond acceptors (Lipinski definition) is 5. The van der Waals surface area contributed by atoms with E-state index in [1.165, 1.54) is 35.2 Å². The van der Waals surface area contributed by atoms with E-state index < -0.39 is 29.1 Å².